The molecule has 1 heterocycles. The van der Waals surface area contributed by atoms with E-state index >= 15 is 0 Å². The van der Waals surface area contributed by atoms with E-state index in [1.807, 2.05) is 0 Å². The maximum atomic E-state index is 6.03. The highest BCUT2D eigenvalue weighted by atomic mass is 15.3. The normalized spacial score (nSPS) is 13.8. The summed E-state index contributed by atoms with van der Waals surface area (Å²) in [6, 6.07) is 0.167. The molecule has 0 fully saturated rings. The Bertz CT molecular complexity index is 291. The van der Waals surface area contributed by atoms with Gasteiger partial charge in [-0.25, -0.2) is 0 Å². The van der Waals surface area contributed by atoms with Gasteiger partial charge in [0.05, 0.1) is 0 Å². The first kappa shape index (κ1) is 12.2. The lowest BCUT2D eigenvalue weighted by Crippen LogP contribution is -2.30. The van der Waals surface area contributed by atoms with Crippen LogP contribution in [0.3, 0.4) is 0 Å². The molecular formula is C11H22N4. The zero-order valence-corrected chi connectivity index (χ0v) is 10.1. The van der Waals surface area contributed by atoms with Crippen LogP contribution in [0.5, 0.6) is 0 Å². The Balaban J connectivity index is 2.64. The third-order valence-corrected chi connectivity index (χ3v) is 2.53. The Morgan fingerprint density at radius 2 is 2.00 bits per heavy atom. The molecule has 0 aromatic carbocycles. The van der Waals surface area contributed by atoms with E-state index in [0.717, 1.165) is 18.8 Å². The molecule has 0 amide bonds. The average molecular weight is 210 g/mol. The van der Waals surface area contributed by atoms with E-state index in [4.69, 9.17) is 5.73 Å². The molecule has 0 spiro atoms. The molecule has 1 unspecified atom stereocenters. The van der Waals surface area contributed by atoms with Gasteiger partial charge < -0.3 is 10.3 Å². The zero-order valence-electron chi connectivity index (χ0n) is 10.1. The highest BCUT2D eigenvalue weighted by molar-refractivity contribution is 4.90. The summed E-state index contributed by atoms with van der Waals surface area (Å²) in [5, 5.41) is 8.07. The highest BCUT2D eigenvalue weighted by Crippen LogP contribution is 2.08. The summed E-state index contributed by atoms with van der Waals surface area (Å²) in [4.78, 5) is 0. The van der Waals surface area contributed by atoms with E-state index in [1.165, 1.54) is 0 Å². The van der Waals surface area contributed by atoms with Crippen molar-refractivity contribution in [3.63, 3.8) is 0 Å². The summed E-state index contributed by atoms with van der Waals surface area (Å²) < 4.78 is 2.10. The van der Waals surface area contributed by atoms with E-state index < -0.39 is 0 Å². The number of rotatable bonds is 5. The quantitative estimate of drug-likeness (QED) is 0.800. The Kier molecular flexibility index (Phi) is 4.27. The van der Waals surface area contributed by atoms with E-state index in [-0.39, 0.29) is 6.04 Å². The summed E-state index contributed by atoms with van der Waals surface area (Å²) in [5.74, 6) is 2.09. The first-order valence-electron chi connectivity index (χ1n) is 5.63. The van der Waals surface area contributed by atoms with Crippen molar-refractivity contribution in [2.45, 2.75) is 46.7 Å². The van der Waals surface area contributed by atoms with E-state index in [2.05, 4.69) is 42.5 Å². The second-order valence-electron chi connectivity index (χ2n) is 4.91. The highest BCUT2D eigenvalue weighted by Gasteiger charge is 2.13. The monoisotopic (exact) mass is 210 g/mol. The maximum Gasteiger partial charge on any atom is 0.134 e. The third kappa shape index (κ3) is 3.63. The minimum atomic E-state index is 0.167. The van der Waals surface area contributed by atoms with Crippen LogP contribution < -0.4 is 5.73 Å². The Labute approximate surface area is 91.9 Å². The summed E-state index contributed by atoms with van der Waals surface area (Å²) in [6.45, 7) is 9.60. The van der Waals surface area contributed by atoms with Crippen molar-refractivity contribution in [3.8, 4) is 0 Å². The van der Waals surface area contributed by atoms with Gasteiger partial charge in [0, 0.05) is 19.0 Å². The third-order valence-electron chi connectivity index (χ3n) is 2.53. The molecule has 2 N–H and O–H groups in total. The molecular weight excluding hydrogens is 188 g/mol. The van der Waals surface area contributed by atoms with Crippen LogP contribution in [0.1, 0.15) is 33.5 Å². The maximum absolute atomic E-state index is 6.03. The fourth-order valence-electron chi connectivity index (χ4n) is 1.43. The summed E-state index contributed by atoms with van der Waals surface area (Å²) in [7, 11) is 0. The van der Waals surface area contributed by atoms with Crippen molar-refractivity contribution in [3.05, 3.63) is 12.2 Å². The van der Waals surface area contributed by atoms with Crippen molar-refractivity contribution in [2.24, 2.45) is 17.6 Å². The van der Waals surface area contributed by atoms with Gasteiger partial charge in [0.2, 0.25) is 0 Å². The summed E-state index contributed by atoms with van der Waals surface area (Å²) in [6.07, 6.45) is 2.60. The molecule has 0 aliphatic carbocycles. The Morgan fingerprint density at radius 3 is 2.53 bits per heavy atom. The first-order valence-corrected chi connectivity index (χ1v) is 5.63. The smallest absolute Gasteiger partial charge is 0.134 e. The van der Waals surface area contributed by atoms with Gasteiger partial charge in [-0.3, -0.25) is 0 Å². The SMILES string of the molecule is CC(C)Cn1cnnc1CC(N)C(C)C. The molecule has 4 nitrogen and oxygen atoms in total. The zero-order chi connectivity index (χ0) is 11.4. The van der Waals surface area contributed by atoms with Crippen molar-refractivity contribution in [1.29, 1.82) is 0 Å². The molecule has 1 aromatic heterocycles. The van der Waals surface area contributed by atoms with E-state index in [1.54, 1.807) is 6.33 Å². The lowest BCUT2D eigenvalue weighted by Gasteiger charge is -2.16. The van der Waals surface area contributed by atoms with Crippen molar-refractivity contribution in [2.75, 3.05) is 0 Å². The molecule has 15 heavy (non-hydrogen) atoms. The molecule has 0 aliphatic rings. The van der Waals surface area contributed by atoms with Gasteiger partial charge in [-0.15, -0.1) is 10.2 Å². The lowest BCUT2D eigenvalue weighted by atomic mass is 10.0. The predicted molar refractivity (Wildman–Crippen MR) is 61.4 cm³/mol. The fourth-order valence-corrected chi connectivity index (χ4v) is 1.43. The van der Waals surface area contributed by atoms with Gasteiger partial charge in [-0.2, -0.15) is 0 Å². The second-order valence-corrected chi connectivity index (χ2v) is 4.91. The second kappa shape index (κ2) is 5.26. The van der Waals surface area contributed by atoms with Crippen LogP contribution in [0, 0.1) is 11.8 Å². The minimum Gasteiger partial charge on any atom is -0.327 e. The van der Waals surface area contributed by atoms with Gasteiger partial charge in [0.25, 0.3) is 0 Å². The topological polar surface area (TPSA) is 56.7 Å². The molecule has 0 radical (unpaired) electrons. The van der Waals surface area contributed by atoms with Crippen molar-refractivity contribution in [1.82, 2.24) is 14.8 Å². The van der Waals surface area contributed by atoms with Crippen LogP contribution in [0.15, 0.2) is 6.33 Å². The van der Waals surface area contributed by atoms with E-state index in [0.29, 0.717) is 11.8 Å². The van der Waals surface area contributed by atoms with Gasteiger partial charge in [0.1, 0.15) is 12.2 Å². The van der Waals surface area contributed by atoms with Gasteiger partial charge >= 0.3 is 0 Å². The molecule has 86 valence electrons. The molecule has 1 aromatic rings. The van der Waals surface area contributed by atoms with Crippen LogP contribution in [0.2, 0.25) is 0 Å². The van der Waals surface area contributed by atoms with Gasteiger partial charge in [0.15, 0.2) is 0 Å². The van der Waals surface area contributed by atoms with Gasteiger partial charge in [-0.1, -0.05) is 27.7 Å². The van der Waals surface area contributed by atoms with Crippen LogP contribution in [0.25, 0.3) is 0 Å². The van der Waals surface area contributed by atoms with Crippen LogP contribution >= 0.6 is 0 Å². The molecule has 0 saturated heterocycles. The van der Waals surface area contributed by atoms with Crippen molar-refractivity contribution < 1.29 is 0 Å². The number of aromatic nitrogens is 3. The number of hydrogen-bond donors (Lipinski definition) is 1. The molecule has 0 aliphatic heterocycles. The van der Waals surface area contributed by atoms with Crippen LogP contribution in [-0.2, 0) is 13.0 Å². The first-order chi connectivity index (χ1) is 7.00. The lowest BCUT2D eigenvalue weighted by molar-refractivity contribution is 0.453. The fraction of sp³-hybridized carbons (Fsp3) is 0.818. The molecule has 0 saturated carbocycles. The van der Waals surface area contributed by atoms with Crippen LogP contribution in [-0.4, -0.2) is 20.8 Å². The predicted octanol–water partition coefficient (Wildman–Crippen LogP) is 1.46. The summed E-state index contributed by atoms with van der Waals surface area (Å²) in [5.41, 5.74) is 6.03. The van der Waals surface area contributed by atoms with E-state index in [9.17, 15) is 0 Å². The van der Waals surface area contributed by atoms with Gasteiger partial charge in [-0.05, 0) is 11.8 Å². The summed E-state index contributed by atoms with van der Waals surface area (Å²) >= 11 is 0. The van der Waals surface area contributed by atoms with Crippen LogP contribution in [0.4, 0.5) is 0 Å². The largest absolute Gasteiger partial charge is 0.327 e. The number of nitrogens with zero attached hydrogens (tertiary/aromatic N) is 3. The Hall–Kier alpha value is -0.900. The number of hydrogen-bond acceptors (Lipinski definition) is 3. The minimum absolute atomic E-state index is 0.167. The molecule has 4 heteroatoms. The number of nitrogens with two attached hydrogens (primary N) is 1. The molecule has 1 rings (SSSR count). The Morgan fingerprint density at radius 1 is 1.33 bits per heavy atom. The molecule has 1 atom stereocenters. The average Bonchev–Trinajstić information content (AvgIpc) is 2.51. The standard InChI is InChI=1S/C11H22N4/c1-8(2)6-15-7-13-14-11(15)5-10(12)9(3)4/h7-10H,5-6,12H2,1-4H3. The van der Waals surface area contributed by atoms with Crippen molar-refractivity contribution >= 4 is 0 Å². The molecule has 0 bridgehead atoms.